The van der Waals surface area contributed by atoms with Crippen molar-refractivity contribution in [2.45, 2.75) is 6.92 Å². The summed E-state index contributed by atoms with van der Waals surface area (Å²) < 4.78 is 5.31. The van der Waals surface area contributed by atoms with Gasteiger partial charge in [-0.2, -0.15) is 0 Å². The summed E-state index contributed by atoms with van der Waals surface area (Å²) in [4.78, 5) is 26.6. The molecule has 7 heteroatoms. The Hall–Kier alpha value is -2.93. The molecule has 144 valence electrons. The molecule has 3 heterocycles. The van der Waals surface area contributed by atoms with E-state index >= 15 is 0 Å². The Bertz CT molecular complexity index is 966. The van der Waals surface area contributed by atoms with E-state index < -0.39 is 0 Å². The van der Waals surface area contributed by atoms with Gasteiger partial charge in [0, 0.05) is 55.9 Å². The first-order valence-electron chi connectivity index (χ1n) is 9.22. The van der Waals surface area contributed by atoms with Crippen LogP contribution >= 0.6 is 11.3 Å². The van der Waals surface area contributed by atoms with Crippen LogP contribution in [0.1, 0.15) is 15.4 Å². The van der Waals surface area contributed by atoms with Gasteiger partial charge in [0.15, 0.2) is 0 Å². The number of thiazole rings is 1. The molecule has 2 aromatic heterocycles. The fourth-order valence-corrected chi connectivity index (χ4v) is 4.37. The Morgan fingerprint density at radius 1 is 1.11 bits per heavy atom. The van der Waals surface area contributed by atoms with Gasteiger partial charge >= 0.3 is 0 Å². The number of carbonyl (C=O) groups excluding carboxylic acids is 1. The van der Waals surface area contributed by atoms with E-state index in [1.165, 1.54) is 11.3 Å². The number of aryl methyl sites for hydroxylation is 1. The summed E-state index contributed by atoms with van der Waals surface area (Å²) in [6, 6.07) is 11.9. The van der Waals surface area contributed by atoms with Crippen molar-refractivity contribution in [3.63, 3.8) is 0 Å². The Balaban J connectivity index is 1.45. The van der Waals surface area contributed by atoms with E-state index in [0.29, 0.717) is 13.1 Å². The third-order valence-electron chi connectivity index (χ3n) is 4.90. The summed E-state index contributed by atoms with van der Waals surface area (Å²) in [5, 5.41) is 0.860. The summed E-state index contributed by atoms with van der Waals surface area (Å²) in [5.41, 5.74) is 2.91. The Morgan fingerprint density at radius 3 is 2.57 bits per heavy atom. The zero-order chi connectivity index (χ0) is 19.5. The second-order valence-electron chi connectivity index (χ2n) is 6.65. The largest absolute Gasteiger partial charge is 0.497 e. The van der Waals surface area contributed by atoms with Crippen LogP contribution in [0, 0.1) is 6.92 Å². The summed E-state index contributed by atoms with van der Waals surface area (Å²) in [5.74, 6) is 0.917. The molecule has 1 saturated heterocycles. The van der Waals surface area contributed by atoms with E-state index in [0.717, 1.165) is 45.7 Å². The van der Waals surface area contributed by atoms with Crippen molar-refractivity contribution in [3.8, 4) is 16.3 Å². The van der Waals surface area contributed by atoms with Crippen molar-refractivity contribution in [1.29, 1.82) is 0 Å². The number of rotatable bonds is 4. The summed E-state index contributed by atoms with van der Waals surface area (Å²) in [6.07, 6.45) is 3.48. The van der Waals surface area contributed by atoms with Gasteiger partial charge in [-0.25, -0.2) is 4.98 Å². The van der Waals surface area contributed by atoms with Crippen molar-refractivity contribution in [2.75, 3.05) is 38.2 Å². The number of anilines is 1. The second-order valence-corrected chi connectivity index (χ2v) is 7.65. The molecule has 0 unspecified atom stereocenters. The Labute approximate surface area is 168 Å². The monoisotopic (exact) mass is 394 g/mol. The lowest BCUT2D eigenvalue weighted by molar-refractivity contribution is 0.0750. The highest BCUT2D eigenvalue weighted by molar-refractivity contribution is 7.17. The summed E-state index contributed by atoms with van der Waals surface area (Å²) in [7, 11) is 1.67. The van der Waals surface area contributed by atoms with Crippen LogP contribution < -0.4 is 9.64 Å². The molecule has 0 radical (unpaired) electrons. The lowest BCUT2D eigenvalue weighted by Gasteiger charge is -2.36. The molecule has 4 rings (SSSR count). The van der Waals surface area contributed by atoms with Crippen LogP contribution in [-0.4, -0.2) is 54.1 Å². The smallest absolute Gasteiger partial charge is 0.265 e. The zero-order valence-corrected chi connectivity index (χ0v) is 16.8. The van der Waals surface area contributed by atoms with E-state index in [2.05, 4.69) is 20.9 Å². The first-order valence-corrected chi connectivity index (χ1v) is 10.0. The van der Waals surface area contributed by atoms with E-state index in [4.69, 9.17) is 4.74 Å². The lowest BCUT2D eigenvalue weighted by atomic mass is 10.2. The van der Waals surface area contributed by atoms with Crippen molar-refractivity contribution >= 4 is 22.9 Å². The van der Waals surface area contributed by atoms with Crippen molar-refractivity contribution in [3.05, 3.63) is 59.4 Å². The number of aromatic nitrogens is 2. The third-order valence-corrected chi connectivity index (χ3v) is 6.10. The van der Waals surface area contributed by atoms with E-state index in [1.807, 2.05) is 42.2 Å². The minimum absolute atomic E-state index is 0.0700. The van der Waals surface area contributed by atoms with Crippen LogP contribution in [0.5, 0.6) is 5.75 Å². The first-order chi connectivity index (χ1) is 13.7. The number of carbonyl (C=O) groups is 1. The molecule has 1 amide bonds. The number of methoxy groups -OCH3 is 1. The molecule has 28 heavy (non-hydrogen) atoms. The molecule has 1 fully saturated rings. The number of pyridine rings is 1. The predicted molar refractivity (Wildman–Crippen MR) is 111 cm³/mol. The molecule has 1 aliphatic heterocycles. The molecule has 0 atom stereocenters. The van der Waals surface area contributed by atoms with Gasteiger partial charge < -0.3 is 14.5 Å². The highest BCUT2D eigenvalue weighted by Gasteiger charge is 2.26. The van der Waals surface area contributed by atoms with Gasteiger partial charge in [0.1, 0.15) is 15.6 Å². The number of hydrogen-bond donors (Lipinski definition) is 0. The minimum Gasteiger partial charge on any atom is -0.497 e. The fraction of sp³-hybridized carbons (Fsp3) is 0.286. The van der Waals surface area contributed by atoms with Gasteiger partial charge in [0.05, 0.1) is 12.8 Å². The van der Waals surface area contributed by atoms with Crippen LogP contribution in [-0.2, 0) is 0 Å². The molecule has 6 nitrogen and oxygen atoms in total. The number of amides is 1. The van der Waals surface area contributed by atoms with Crippen LogP contribution in [0.25, 0.3) is 10.6 Å². The molecule has 0 aliphatic carbocycles. The maximum absolute atomic E-state index is 13.1. The number of benzene rings is 1. The Kier molecular flexibility index (Phi) is 5.25. The van der Waals surface area contributed by atoms with Gasteiger partial charge in [-0.1, -0.05) is 6.07 Å². The topological polar surface area (TPSA) is 58.6 Å². The van der Waals surface area contributed by atoms with E-state index in [1.54, 1.807) is 19.5 Å². The van der Waals surface area contributed by atoms with E-state index in [9.17, 15) is 4.79 Å². The van der Waals surface area contributed by atoms with Gasteiger partial charge in [-0.05, 0) is 31.2 Å². The number of piperazine rings is 1. The average molecular weight is 395 g/mol. The van der Waals surface area contributed by atoms with Gasteiger partial charge in [0.25, 0.3) is 5.91 Å². The van der Waals surface area contributed by atoms with Crippen molar-refractivity contribution in [2.24, 2.45) is 0 Å². The molecule has 1 aromatic carbocycles. The summed E-state index contributed by atoms with van der Waals surface area (Å²) in [6.45, 7) is 4.89. The van der Waals surface area contributed by atoms with Crippen LogP contribution in [0.2, 0.25) is 0 Å². The molecule has 1 aliphatic rings. The predicted octanol–water partition coefficient (Wildman–Crippen LogP) is 3.48. The number of ether oxygens (including phenoxy) is 1. The van der Waals surface area contributed by atoms with Crippen LogP contribution in [0.15, 0.2) is 48.8 Å². The van der Waals surface area contributed by atoms with Gasteiger partial charge in [-0.3, -0.25) is 9.78 Å². The summed E-state index contributed by atoms with van der Waals surface area (Å²) >= 11 is 1.46. The molecule has 0 N–H and O–H groups in total. The molecule has 0 spiro atoms. The maximum atomic E-state index is 13.1. The van der Waals surface area contributed by atoms with Crippen LogP contribution in [0.3, 0.4) is 0 Å². The molecular formula is C21H22N4O2S. The van der Waals surface area contributed by atoms with Crippen LogP contribution in [0.4, 0.5) is 5.69 Å². The minimum atomic E-state index is 0.0700. The highest BCUT2D eigenvalue weighted by Crippen LogP contribution is 2.29. The fourth-order valence-electron chi connectivity index (χ4n) is 3.33. The normalized spacial score (nSPS) is 14.2. The Morgan fingerprint density at radius 2 is 1.86 bits per heavy atom. The lowest BCUT2D eigenvalue weighted by Crippen LogP contribution is -2.48. The maximum Gasteiger partial charge on any atom is 0.265 e. The first kappa shape index (κ1) is 18.4. The van der Waals surface area contributed by atoms with Gasteiger partial charge in [0.2, 0.25) is 0 Å². The standard InChI is InChI=1S/C21H22N4O2S/c1-15-19(28-20(23-15)16-6-8-22-9-7-16)21(26)25-12-10-24(11-13-25)17-4-3-5-18(14-17)27-2/h3-9,14H,10-13H2,1-2H3. The highest BCUT2D eigenvalue weighted by atomic mass is 32.1. The molecule has 0 saturated carbocycles. The average Bonchev–Trinajstić information content (AvgIpc) is 3.15. The van der Waals surface area contributed by atoms with Crippen molar-refractivity contribution in [1.82, 2.24) is 14.9 Å². The third kappa shape index (κ3) is 3.71. The molecular weight excluding hydrogens is 372 g/mol. The molecule has 3 aromatic rings. The quantitative estimate of drug-likeness (QED) is 0.678. The zero-order valence-electron chi connectivity index (χ0n) is 16.0. The van der Waals surface area contributed by atoms with Crippen molar-refractivity contribution < 1.29 is 9.53 Å². The SMILES string of the molecule is COc1cccc(N2CCN(C(=O)c3sc(-c4ccncc4)nc3C)CC2)c1. The number of hydrogen-bond acceptors (Lipinski definition) is 6. The molecule has 0 bridgehead atoms. The second kappa shape index (κ2) is 7.98. The van der Waals surface area contributed by atoms with E-state index in [-0.39, 0.29) is 5.91 Å². The van der Waals surface area contributed by atoms with Gasteiger partial charge in [-0.15, -0.1) is 11.3 Å². The number of nitrogens with zero attached hydrogens (tertiary/aromatic N) is 4.